The molecule has 106 heavy (non-hydrogen) atoms. The first-order valence-corrected chi connectivity index (χ1v) is 37.0. The summed E-state index contributed by atoms with van der Waals surface area (Å²) in [5, 5.41) is 4.63. The molecular weight excluding hydrogens is 1330 g/mol. The topological polar surface area (TPSA) is 103 Å². The van der Waals surface area contributed by atoms with Crippen LogP contribution >= 0.6 is 22.7 Å². The monoisotopic (exact) mass is 1390 g/mol. The van der Waals surface area contributed by atoms with Crippen molar-refractivity contribution in [1.29, 1.82) is 0 Å². The van der Waals surface area contributed by atoms with Gasteiger partial charge in [0.25, 0.3) is 0 Å². The van der Waals surface area contributed by atoms with E-state index < -0.39 is 0 Å². The number of para-hydroxylation sites is 2. The van der Waals surface area contributed by atoms with Crippen LogP contribution in [0.2, 0.25) is 0 Å². The molecule has 0 bridgehead atoms. The summed E-state index contributed by atoms with van der Waals surface area (Å²) in [6.07, 6.45) is 0. The van der Waals surface area contributed by atoms with E-state index in [1.165, 1.54) is 40.7 Å². The van der Waals surface area contributed by atoms with Crippen molar-refractivity contribution in [2.75, 3.05) is 0 Å². The highest BCUT2D eigenvalue weighted by molar-refractivity contribution is 7.26. The molecule has 14 aromatic carbocycles. The third-order valence-electron chi connectivity index (χ3n) is 20.0. The molecule has 0 aliphatic heterocycles. The van der Waals surface area contributed by atoms with Gasteiger partial charge >= 0.3 is 0 Å². The second kappa shape index (κ2) is 26.3. The van der Waals surface area contributed by atoms with E-state index in [4.69, 9.17) is 39.9 Å². The van der Waals surface area contributed by atoms with Gasteiger partial charge in [0.15, 0.2) is 34.9 Å². The summed E-state index contributed by atoms with van der Waals surface area (Å²) in [6.45, 7) is 0. The molecule has 6 heterocycles. The molecule has 20 rings (SSSR count). The zero-order valence-electron chi connectivity index (χ0n) is 56.9. The zero-order valence-corrected chi connectivity index (χ0v) is 58.5. The molecule has 10 heteroatoms. The van der Waals surface area contributed by atoms with Gasteiger partial charge in [-0.25, -0.2) is 39.9 Å². The number of hydrogen-bond acceptors (Lipinski definition) is 10. The molecule has 6 aromatic heterocycles. The lowest BCUT2D eigenvalue weighted by Gasteiger charge is -2.12. The lowest BCUT2D eigenvalue weighted by atomic mass is 9.95. The molecule has 0 amide bonds. The van der Waals surface area contributed by atoms with Gasteiger partial charge in [-0.1, -0.05) is 303 Å². The molecule has 0 saturated carbocycles. The highest BCUT2D eigenvalue weighted by Gasteiger charge is 2.22. The fraction of sp³-hybridized carbons (Fsp3) is 0. The van der Waals surface area contributed by atoms with E-state index in [9.17, 15) is 0 Å². The lowest BCUT2D eigenvalue weighted by molar-refractivity contribution is 1.07. The number of thiophene rings is 2. The molecule has 494 valence electrons. The summed E-state index contributed by atoms with van der Waals surface area (Å²) >= 11 is 3.61. The number of nitrogens with zero attached hydrogens (tertiary/aromatic N) is 8. The van der Waals surface area contributed by atoms with Gasteiger partial charge in [-0.3, -0.25) is 0 Å². The Labute approximate surface area is 618 Å². The molecule has 0 saturated heterocycles. The molecule has 0 aliphatic carbocycles. The molecule has 0 aliphatic rings. The summed E-state index contributed by atoms with van der Waals surface area (Å²) in [5.41, 5.74) is 25.0. The highest BCUT2D eigenvalue weighted by Crippen LogP contribution is 2.46. The number of rotatable bonds is 13. The van der Waals surface area contributed by atoms with Crippen LogP contribution in [0.3, 0.4) is 0 Å². The standard InChI is InChI=1S/C96H58N8S2/c1-3-19-59(20-4-1)60-43-49-66(50-44-60)93-100-94(104-96(103-93)76-30-18-26-72(58-76)70-24-16-28-74(56-70)86-78-32-8-12-36-82(78)98-88-80-34-10-14-38-84(80)106-90(86)88)68-53-47-64(48-54-68)62-41-39-61(40-42-62)63-45-51-67(52-46-63)92-99-91(65-21-5-2-6-22-65)101-95(102-92)75-29-17-25-71(57-75)69-23-15-27-73(55-69)85-77-31-7-11-35-81(77)97-87-79-33-9-13-37-83(79)105-89(85)87/h1-58H. The lowest BCUT2D eigenvalue weighted by Crippen LogP contribution is -2.00. The Balaban J connectivity index is 0.587. The number of hydrogen-bond donors (Lipinski definition) is 0. The van der Waals surface area contributed by atoms with Gasteiger partial charge in [0.2, 0.25) is 0 Å². The summed E-state index contributed by atoms with van der Waals surface area (Å²) in [7, 11) is 0. The highest BCUT2D eigenvalue weighted by atomic mass is 32.1. The first kappa shape index (κ1) is 62.2. The van der Waals surface area contributed by atoms with Gasteiger partial charge in [-0.2, -0.15) is 0 Å². The van der Waals surface area contributed by atoms with Crippen LogP contribution in [0.4, 0.5) is 0 Å². The Morgan fingerprint density at radius 1 is 0.160 bits per heavy atom. The second-order valence-corrected chi connectivity index (χ2v) is 28.6. The predicted octanol–water partition coefficient (Wildman–Crippen LogP) is 25.6. The maximum absolute atomic E-state index is 5.26. The van der Waals surface area contributed by atoms with Gasteiger partial charge in [0, 0.05) is 75.5 Å². The summed E-state index contributed by atoms with van der Waals surface area (Å²) in [5.74, 6) is 3.57. The fourth-order valence-electron chi connectivity index (χ4n) is 14.7. The molecule has 20 aromatic rings. The third kappa shape index (κ3) is 11.5. The molecule has 0 spiro atoms. The molecule has 0 radical (unpaired) electrons. The fourth-order valence-corrected chi connectivity index (χ4v) is 17.1. The van der Waals surface area contributed by atoms with Crippen molar-refractivity contribution in [3.8, 4) is 146 Å². The van der Waals surface area contributed by atoms with Gasteiger partial charge in [-0.15, -0.1) is 22.7 Å². The Morgan fingerprint density at radius 3 is 0.755 bits per heavy atom. The van der Waals surface area contributed by atoms with Crippen molar-refractivity contribution in [2.45, 2.75) is 0 Å². The Kier molecular flexibility index (Phi) is 15.4. The largest absolute Gasteiger partial charge is 0.246 e. The Bertz CT molecular complexity index is 6800. The summed E-state index contributed by atoms with van der Waals surface area (Å²) in [4.78, 5) is 41.6. The second-order valence-electron chi connectivity index (χ2n) is 26.5. The van der Waals surface area contributed by atoms with E-state index in [1.54, 1.807) is 22.7 Å². The van der Waals surface area contributed by atoms with Gasteiger partial charge < -0.3 is 0 Å². The van der Waals surface area contributed by atoms with Crippen LogP contribution in [0.1, 0.15) is 0 Å². The van der Waals surface area contributed by atoms with Crippen molar-refractivity contribution >= 4 is 85.1 Å². The maximum Gasteiger partial charge on any atom is 0.164 e. The normalized spacial score (nSPS) is 11.6. The average Bonchev–Trinajstić information content (AvgIpc) is 1.56. The van der Waals surface area contributed by atoms with Crippen molar-refractivity contribution in [3.05, 3.63) is 352 Å². The minimum atomic E-state index is 0.586. The summed E-state index contributed by atoms with van der Waals surface area (Å²) < 4.78 is 4.83. The van der Waals surface area contributed by atoms with Crippen LogP contribution in [0, 0.1) is 0 Å². The quantitative estimate of drug-likeness (QED) is 0.112. The zero-order chi connectivity index (χ0) is 70.0. The van der Waals surface area contributed by atoms with Crippen molar-refractivity contribution in [3.63, 3.8) is 0 Å². The SMILES string of the molecule is c1ccc(-c2ccc(-c3nc(-c4ccc(-c5ccc(-c6ccc(-c7nc(-c8ccccc8)nc(-c8cccc(-c9cccc(-c%10c%11ccccc%11nc%11c%10sc%10ccccc%10%11)c9)c8)n7)cc6)cc5)cc4)nc(-c4cccc(-c5cccc(-c6c7ccccc7nc7c6sc6ccccc67)c5)c4)n3)cc2)cc1. The van der Waals surface area contributed by atoms with Gasteiger partial charge in [0.05, 0.1) is 31.5 Å². The molecular formula is C96H58N8S2. The van der Waals surface area contributed by atoms with Crippen LogP contribution in [-0.4, -0.2) is 39.9 Å². The van der Waals surface area contributed by atoms with Crippen molar-refractivity contribution in [1.82, 2.24) is 39.9 Å². The number of benzene rings is 14. The molecule has 0 unspecified atom stereocenters. The van der Waals surface area contributed by atoms with Gasteiger partial charge in [0.1, 0.15) is 0 Å². The van der Waals surface area contributed by atoms with Crippen LogP contribution in [0.5, 0.6) is 0 Å². The molecule has 8 nitrogen and oxygen atoms in total. The van der Waals surface area contributed by atoms with E-state index in [0.29, 0.717) is 34.9 Å². The van der Waals surface area contributed by atoms with E-state index in [-0.39, 0.29) is 0 Å². The van der Waals surface area contributed by atoms with E-state index >= 15 is 0 Å². The first-order valence-electron chi connectivity index (χ1n) is 35.3. The minimum Gasteiger partial charge on any atom is -0.246 e. The van der Waals surface area contributed by atoms with Crippen molar-refractivity contribution < 1.29 is 0 Å². The number of aromatic nitrogens is 8. The Morgan fingerprint density at radius 2 is 0.396 bits per heavy atom. The summed E-state index contributed by atoms with van der Waals surface area (Å²) in [6, 6.07) is 124. The number of fused-ring (bicyclic) bond motifs is 8. The van der Waals surface area contributed by atoms with Crippen LogP contribution in [-0.2, 0) is 0 Å². The van der Waals surface area contributed by atoms with E-state index in [0.717, 1.165) is 133 Å². The average molecular weight is 1390 g/mol. The maximum atomic E-state index is 5.26. The van der Waals surface area contributed by atoms with Gasteiger partial charge in [-0.05, 0) is 115 Å². The smallest absolute Gasteiger partial charge is 0.164 e. The van der Waals surface area contributed by atoms with Crippen LogP contribution in [0.25, 0.3) is 209 Å². The predicted molar refractivity (Wildman–Crippen MR) is 440 cm³/mol. The third-order valence-corrected chi connectivity index (χ3v) is 22.4. The molecule has 0 N–H and O–H groups in total. The van der Waals surface area contributed by atoms with Crippen molar-refractivity contribution in [2.24, 2.45) is 0 Å². The number of pyridine rings is 2. The van der Waals surface area contributed by atoms with E-state index in [2.05, 4.69) is 315 Å². The Hall–Kier alpha value is -13.6. The molecule has 0 atom stereocenters. The molecule has 0 fully saturated rings. The van der Waals surface area contributed by atoms with E-state index in [1.807, 2.05) is 36.4 Å². The first-order chi connectivity index (χ1) is 52.5. The van der Waals surface area contributed by atoms with Crippen LogP contribution < -0.4 is 0 Å². The minimum absolute atomic E-state index is 0.586. The van der Waals surface area contributed by atoms with Crippen LogP contribution in [0.15, 0.2) is 352 Å².